The number of fused-ring (bicyclic) bond motifs is 3. The number of allylic oxidation sites excluding steroid dienone is 3. The molecule has 134 valence electrons. The number of rotatable bonds is 3. The highest BCUT2D eigenvalue weighted by Gasteiger charge is 2.41. The molecular weight excluding hydrogens is 312 g/mol. The van der Waals surface area contributed by atoms with E-state index < -0.39 is 0 Å². The van der Waals surface area contributed by atoms with Crippen molar-refractivity contribution in [2.45, 2.75) is 51.0 Å². The van der Waals surface area contributed by atoms with Gasteiger partial charge in [-0.05, 0) is 84.8 Å². The molecule has 3 aliphatic carbocycles. The predicted molar refractivity (Wildman–Crippen MR) is 98.7 cm³/mol. The van der Waals surface area contributed by atoms with Gasteiger partial charge in [-0.2, -0.15) is 0 Å². The number of hydrogen-bond acceptors (Lipinski definition) is 3. The van der Waals surface area contributed by atoms with Crippen molar-refractivity contribution in [2.24, 2.45) is 17.8 Å². The Balaban J connectivity index is 1.70. The van der Waals surface area contributed by atoms with Gasteiger partial charge in [-0.3, -0.25) is 0 Å². The predicted octanol–water partition coefficient (Wildman–Crippen LogP) is 5.00. The van der Waals surface area contributed by atoms with Gasteiger partial charge in [0.05, 0.1) is 6.61 Å². The molecular formula is C22H28O3. The van der Waals surface area contributed by atoms with Crippen LogP contribution in [0.4, 0.5) is 0 Å². The van der Waals surface area contributed by atoms with Crippen molar-refractivity contribution in [1.29, 1.82) is 0 Å². The molecule has 25 heavy (non-hydrogen) atoms. The molecule has 4 atom stereocenters. The fraction of sp³-hybridized carbons (Fsp3) is 0.545. The summed E-state index contributed by atoms with van der Waals surface area (Å²) in [4.78, 5) is 0. The monoisotopic (exact) mass is 340 g/mol. The molecule has 1 aromatic rings. The largest absolute Gasteiger partial charge is 0.508 e. The van der Waals surface area contributed by atoms with Gasteiger partial charge < -0.3 is 14.9 Å². The Kier molecular flexibility index (Phi) is 4.60. The van der Waals surface area contributed by atoms with E-state index in [0.29, 0.717) is 41.8 Å². The van der Waals surface area contributed by atoms with E-state index in [1.807, 2.05) is 18.2 Å². The van der Waals surface area contributed by atoms with Crippen molar-refractivity contribution in [3.05, 3.63) is 52.8 Å². The van der Waals surface area contributed by atoms with Crippen molar-refractivity contribution in [3.8, 4) is 5.75 Å². The topological polar surface area (TPSA) is 49.7 Å². The van der Waals surface area contributed by atoms with Gasteiger partial charge in [0.1, 0.15) is 11.5 Å². The van der Waals surface area contributed by atoms with Crippen molar-refractivity contribution in [2.75, 3.05) is 7.11 Å². The average Bonchev–Trinajstić information content (AvgIpc) is 2.63. The first-order chi connectivity index (χ1) is 12.2. The lowest BCUT2D eigenvalue weighted by atomic mass is 9.59. The number of hydrogen-bond donors (Lipinski definition) is 2. The van der Waals surface area contributed by atoms with Gasteiger partial charge in [-0.15, -0.1) is 0 Å². The van der Waals surface area contributed by atoms with E-state index >= 15 is 0 Å². The fourth-order valence-corrected chi connectivity index (χ4v) is 5.37. The van der Waals surface area contributed by atoms with Crippen LogP contribution in [-0.2, 0) is 17.8 Å². The Morgan fingerprint density at radius 2 is 1.96 bits per heavy atom. The highest BCUT2D eigenvalue weighted by atomic mass is 16.5. The summed E-state index contributed by atoms with van der Waals surface area (Å²) in [6.07, 6.45) is 13.2. The number of aliphatic hydroxyl groups excluding tert-OH is 1. The minimum atomic E-state index is 0.383. The highest BCUT2D eigenvalue weighted by Crippen LogP contribution is 2.52. The third-order valence-electron chi connectivity index (χ3n) is 6.53. The average molecular weight is 340 g/mol. The van der Waals surface area contributed by atoms with Crippen LogP contribution in [0.1, 0.15) is 54.7 Å². The normalized spacial score (nSPS) is 31.2. The first-order valence-electron chi connectivity index (χ1n) is 9.58. The summed E-state index contributed by atoms with van der Waals surface area (Å²) >= 11 is 0. The molecule has 0 radical (unpaired) electrons. The van der Waals surface area contributed by atoms with E-state index in [2.05, 4.69) is 12.1 Å². The minimum Gasteiger partial charge on any atom is -0.508 e. The molecule has 0 aromatic heterocycles. The number of methoxy groups -OCH3 is 1. The van der Waals surface area contributed by atoms with Crippen LogP contribution in [0.15, 0.2) is 36.1 Å². The Bertz CT molecular complexity index is 703. The molecule has 1 fully saturated rings. The van der Waals surface area contributed by atoms with Crippen LogP contribution in [0, 0.1) is 17.8 Å². The Hall–Kier alpha value is -1.74. The number of benzene rings is 1. The zero-order chi connectivity index (χ0) is 17.4. The number of phenolic OH excluding ortho intramolecular Hbond substituents is 1. The summed E-state index contributed by atoms with van der Waals surface area (Å²) in [5.41, 5.74) is 3.66. The summed E-state index contributed by atoms with van der Waals surface area (Å²) in [6.45, 7) is 0.456. The molecule has 1 unspecified atom stereocenters. The van der Waals surface area contributed by atoms with E-state index in [-0.39, 0.29) is 0 Å². The molecule has 0 aliphatic heterocycles. The maximum absolute atomic E-state index is 10.4. The number of aromatic hydroxyl groups is 1. The van der Waals surface area contributed by atoms with Crippen LogP contribution in [0.3, 0.4) is 0 Å². The van der Waals surface area contributed by atoms with Crippen LogP contribution >= 0.6 is 0 Å². The van der Waals surface area contributed by atoms with Crippen molar-refractivity contribution < 1.29 is 14.9 Å². The maximum Gasteiger partial charge on any atom is 0.121 e. The van der Waals surface area contributed by atoms with E-state index in [9.17, 15) is 10.2 Å². The third kappa shape index (κ3) is 3.10. The molecule has 3 nitrogen and oxygen atoms in total. The second-order valence-corrected chi connectivity index (χ2v) is 7.92. The zero-order valence-electron chi connectivity index (χ0n) is 14.9. The van der Waals surface area contributed by atoms with Crippen molar-refractivity contribution in [1.82, 2.24) is 0 Å². The van der Waals surface area contributed by atoms with Gasteiger partial charge in [-0.25, -0.2) is 0 Å². The van der Waals surface area contributed by atoms with Gasteiger partial charge in [0.2, 0.25) is 0 Å². The van der Waals surface area contributed by atoms with E-state index in [0.717, 1.165) is 18.4 Å². The number of ether oxygens (including phenoxy) is 1. The zero-order valence-corrected chi connectivity index (χ0v) is 14.9. The summed E-state index contributed by atoms with van der Waals surface area (Å²) in [7, 11) is 1.67. The van der Waals surface area contributed by atoms with Gasteiger partial charge in [0, 0.05) is 12.7 Å². The Labute approximate surface area is 150 Å². The lowest BCUT2D eigenvalue weighted by Crippen LogP contribution is -2.36. The van der Waals surface area contributed by atoms with E-state index in [4.69, 9.17) is 4.74 Å². The van der Waals surface area contributed by atoms with E-state index in [1.165, 1.54) is 36.8 Å². The molecule has 0 bridgehead atoms. The Morgan fingerprint density at radius 1 is 1.12 bits per heavy atom. The van der Waals surface area contributed by atoms with Crippen molar-refractivity contribution >= 4 is 0 Å². The molecule has 2 N–H and O–H groups in total. The summed E-state index contributed by atoms with van der Waals surface area (Å²) in [5.74, 6) is 3.18. The number of aliphatic hydroxyl groups is 1. The molecule has 3 aliphatic rings. The highest BCUT2D eigenvalue weighted by molar-refractivity contribution is 5.45. The summed E-state index contributed by atoms with van der Waals surface area (Å²) < 4.78 is 5.25. The first kappa shape index (κ1) is 16.7. The van der Waals surface area contributed by atoms with Crippen LogP contribution in [0.5, 0.6) is 5.75 Å². The van der Waals surface area contributed by atoms with Crippen LogP contribution in [0.2, 0.25) is 0 Å². The van der Waals surface area contributed by atoms with Gasteiger partial charge >= 0.3 is 0 Å². The lowest BCUT2D eigenvalue weighted by Gasteiger charge is -2.45. The standard InChI is InChI=1S/C22H28O3/c1-25-13-16-10-15-11-20(14-6-8-17(23)9-7-14)18-4-2-3-5-19(18)21(15)12-22(16)24/h6,8-10,12,14,18-20,23-24H,2-5,7,11,13H2,1H3/t14?,18-,19+,20-/m0/s1. The quantitative estimate of drug-likeness (QED) is 0.814. The van der Waals surface area contributed by atoms with Crippen LogP contribution < -0.4 is 0 Å². The van der Waals surface area contributed by atoms with Gasteiger partial charge in [-0.1, -0.05) is 18.9 Å². The maximum atomic E-state index is 10.4. The minimum absolute atomic E-state index is 0.383. The van der Waals surface area contributed by atoms with Gasteiger partial charge in [0.25, 0.3) is 0 Å². The molecule has 1 saturated carbocycles. The lowest BCUT2D eigenvalue weighted by molar-refractivity contribution is 0.154. The molecule has 4 rings (SSSR count). The fourth-order valence-electron chi connectivity index (χ4n) is 5.37. The third-order valence-corrected chi connectivity index (χ3v) is 6.53. The Morgan fingerprint density at radius 3 is 2.72 bits per heavy atom. The molecule has 0 amide bonds. The molecule has 3 heteroatoms. The summed E-state index contributed by atoms with van der Waals surface area (Å²) in [5, 5.41) is 20.1. The molecule has 0 heterocycles. The summed E-state index contributed by atoms with van der Waals surface area (Å²) in [6, 6.07) is 4.19. The van der Waals surface area contributed by atoms with Crippen LogP contribution in [-0.4, -0.2) is 17.3 Å². The van der Waals surface area contributed by atoms with Crippen LogP contribution in [0.25, 0.3) is 0 Å². The van der Waals surface area contributed by atoms with Crippen molar-refractivity contribution in [3.63, 3.8) is 0 Å². The molecule has 0 saturated heterocycles. The molecule has 0 spiro atoms. The second kappa shape index (κ2) is 6.87. The second-order valence-electron chi connectivity index (χ2n) is 7.92. The number of phenols is 1. The van der Waals surface area contributed by atoms with E-state index in [1.54, 1.807) is 7.11 Å². The SMILES string of the molecule is COCc1cc2c(cc1O)[C@@H]1CCCC[C@@H]1[C@H](C1C=CC(O)=CC1)C2. The first-order valence-corrected chi connectivity index (χ1v) is 9.58. The van der Waals surface area contributed by atoms with Gasteiger partial charge in [0.15, 0.2) is 0 Å². The smallest absolute Gasteiger partial charge is 0.121 e. The molecule has 1 aromatic carbocycles.